The molecule has 1 N–H and O–H groups in total. The van der Waals surface area contributed by atoms with Crippen LogP contribution in [0.2, 0.25) is 0 Å². The number of carboxylic acids is 1. The van der Waals surface area contributed by atoms with Gasteiger partial charge in [-0.15, -0.1) is 0 Å². The molecular weight excluding hydrogens is 274 g/mol. The van der Waals surface area contributed by atoms with Gasteiger partial charge in [-0.2, -0.15) is 0 Å². The number of Topliss-reactive ketones (excluding diaryl/α,β-unsaturated/α-hetero) is 1. The summed E-state index contributed by atoms with van der Waals surface area (Å²) in [4.78, 5) is 22.3. The number of ketones is 1. The highest BCUT2D eigenvalue weighted by molar-refractivity contribution is 6.40. The molecule has 1 aliphatic heterocycles. The minimum atomic E-state index is -3.37. The monoisotopic (exact) mass is 286 g/mol. The summed E-state index contributed by atoms with van der Waals surface area (Å²) in [5.74, 6) is -6.39. The van der Waals surface area contributed by atoms with Crippen LogP contribution >= 0.6 is 0 Å². The maximum absolute atomic E-state index is 13.6. The minimum Gasteiger partial charge on any atom is -0.490 e. The lowest BCUT2D eigenvalue weighted by Gasteiger charge is -2.17. The highest BCUT2D eigenvalue weighted by Gasteiger charge is 2.34. The fourth-order valence-corrected chi connectivity index (χ4v) is 1.87. The lowest BCUT2D eigenvalue weighted by molar-refractivity contribution is -0.131. The van der Waals surface area contributed by atoms with Crippen LogP contribution in [0.3, 0.4) is 0 Å². The average Bonchev–Trinajstić information content (AvgIpc) is 2.59. The van der Waals surface area contributed by atoms with E-state index in [0.29, 0.717) is 26.6 Å². The van der Waals surface area contributed by atoms with E-state index in [4.69, 9.17) is 14.6 Å². The van der Waals surface area contributed by atoms with Crippen molar-refractivity contribution in [3.8, 4) is 11.5 Å². The van der Waals surface area contributed by atoms with Gasteiger partial charge < -0.3 is 14.6 Å². The smallest absolute Gasteiger partial charge is 0.377 e. The Kier molecular flexibility index (Phi) is 3.61. The molecule has 0 unspecified atom stereocenters. The number of hydrogen-bond donors (Lipinski definition) is 1. The van der Waals surface area contributed by atoms with Gasteiger partial charge >= 0.3 is 5.97 Å². The molecule has 5 nitrogen and oxygen atoms in total. The number of carbonyl (C=O) groups excluding carboxylic acids is 1. The number of rotatable bonds is 3. The standard InChI is InChI=1S/C13H12F2O5/c1-13(14,15)8-6-10-9(19-3-2-4-20-10)5-7(8)11(16)12(17)18/h5-6H,2-4H2,1H3,(H,17,18). The van der Waals surface area contributed by atoms with Crippen molar-refractivity contribution in [2.75, 3.05) is 13.2 Å². The summed E-state index contributed by atoms with van der Waals surface area (Å²) in [5, 5.41) is 8.72. The van der Waals surface area contributed by atoms with Gasteiger partial charge in [-0.3, -0.25) is 4.79 Å². The van der Waals surface area contributed by atoms with Crippen molar-refractivity contribution in [3.05, 3.63) is 23.3 Å². The quantitative estimate of drug-likeness (QED) is 0.681. The van der Waals surface area contributed by atoms with Crippen LogP contribution < -0.4 is 9.47 Å². The topological polar surface area (TPSA) is 72.8 Å². The molecule has 7 heteroatoms. The summed E-state index contributed by atoms with van der Waals surface area (Å²) in [5.41, 5.74) is -1.27. The lowest BCUT2D eigenvalue weighted by atomic mass is 9.98. The summed E-state index contributed by atoms with van der Waals surface area (Å²) in [6.45, 7) is 1.19. The van der Waals surface area contributed by atoms with Crippen LogP contribution in [0.1, 0.15) is 29.3 Å². The average molecular weight is 286 g/mol. The molecule has 0 atom stereocenters. The van der Waals surface area contributed by atoms with E-state index in [0.717, 1.165) is 12.1 Å². The van der Waals surface area contributed by atoms with Crippen LogP contribution in [-0.2, 0) is 10.7 Å². The number of benzene rings is 1. The predicted octanol–water partition coefficient (Wildman–Crippen LogP) is 2.23. The highest BCUT2D eigenvalue weighted by atomic mass is 19.3. The first-order valence-corrected chi connectivity index (χ1v) is 5.90. The fourth-order valence-electron chi connectivity index (χ4n) is 1.87. The predicted molar refractivity (Wildman–Crippen MR) is 63.6 cm³/mol. The van der Waals surface area contributed by atoms with Crippen LogP contribution in [0.4, 0.5) is 8.78 Å². The minimum absolute atomic E-state index is 0.0842. The first-order chi connectivity index (χ1) is 9.30. The Hall–Kier alpha value is -2.18. The van der Waals surface area contributed by atoms with Crippen molar-refractivity contribution in [2.24, 2.45) is 0 Å². The Morgan fingerprint density at radius 1 is 1.20 bits per heavy atom. The normalized spacial score (nSPS) is 14.6. The maximum atomic E-state index is 13.6. The number of fused-ring (bicyclic) bond motifs is 1. The van der Waals surface area contributed by atoms with Crippen LogP contribution in [-0.4, -0.2) is 30.1 Å². The molecule has 0 bridgehead atoms. The number of hydrogen-bond acceptors (Lipinski definition) is 4. The molecule has 20 heavy (non-hydrogen) atoms. The van der Waals surface area contributed by atoms with E-state index in [1.165, 1.54) is 0 Å². The van der Waals surface area contributed by atoms with Crippen LogP contribution in [0, 0.1) is 0 Å². The van der Waals surface area contributed by atoms with E-state index in [2.05, 4.69) is 0 Å². The molecule has 0 amide bonds. The SMILES string of the molecule is CC(F)(F)c1cc2c(cc1C(=O)C(=O)O)OCCCO2. The Labute approximate surface area is 113 Å². The van der Waals surface area contributed by atoms with E-state index in [1.807, 2.05) is 0 Å². The number of alkyl halides is 2. The van der Waals surface area contributed by atoms with Crippen molar-refractivity contribution in [1.82, 2.24) is 0 Å². The number of carbonyl (C=O) groups is 2. The van der Waals surface area contributed by atoms with Crippen molar-refractivity contribution in [3.63, 3.8) is 0 Å². The molecule has 0 aliphatic carbocycles. The lowest BCUT2D eigenvalue weighted by Crippen LogP contribution is -2.20. The zero-order valence-corrected chi connectivity index (χ0v) is 10.6. The van der Waals surface area contributed by atoms with E-state index in [-0.39, 0.29) is 11.5 Å². The molecule has 0 aromatic heterocycles. The zero-order valence-electron chi connectivity index (χ0n) is 10.6. The van der Waals surface area contributed by atoms with Gasteiger partial charge in [-0.25, -0.2) is 13.6 Å². The number of aliphatic carboxylic acids is 1. The fraction of sp³-hybridized carbons (Fsp3) is 0.385. The van der Waals surface area contributed by atoms with E-state index in [9.17, 15) is 18.4 Å². The van der Waals surface area contributed by atoms with Gasteiger partial charge in [0.1, 0.15) is 0 Å². The summed E-state index contributed by atoms with van der Waals surface area (Å²) in [6, 6.07) is 1.97. The molecular formula is C13H12F2O5. The molecule has 2 rings (SSSR count). The second kappa shape index (κ2) is 5.07. The molecule has 1 aromatic rings. The van der Waals surface area contributed by atoms with Gasteiger partial charge in [0.2, 0.25) is 0 Å². The van der Waals surface area contributed by atoms with Crippen molar-refractivity contribution >= 4 is 11.8 Å². The third-order valence-electron chi connectivity index (χ3n) is 2.80. The highest BCUT2D eigenvalue weighted by Crippen LogP contribution is 2.39. The summed E-state index contributed by atoms with van der Waals surface area (Å²) < 4.78 is 37.7. The zero-order chi connectivity index (χ0) is 14.9. The first kappa shape index (κ1) is 14.2. The van der Waals surface area contributed by atoms with Crippen LogP contribution in [0.25, 0.3) is 0 Å². The second-order valence-electron chi connectivity index (χ2n) is 4.42. The van der Waals surface area contributed by atoms with Crippen LogP contribution in [0.15, 0.2) is 12.1 Å². The van der Waals surface area contributed by atoms with Gasteiger partial charge in [-0.05, 0) is 12.1 Å². The molecule has 0 saturated carbocycles. The third kappa shape index (κ3) is 2.71. The Balaban J connectivity index is 2.61. The largest absolute Gasteiger partial charge is 0.490 e. The van der Waals surface area contributed by atoms with E-state index < -0.39 is 28.8 Å². The Bertz CT molecular complexity index is 563. The van der Waals surface area contributed by atoms with Crippen LogP contribution in [0.5, 0.6) is 11.5 Å². The van der Waals surface area contributed by atoms with E-state index in [1.54, 1.807) is 0 Å². The second-order valence-corrected chi connectivity index (χ2v) is 4.42. The van der Waals surface area contributed by atoms with Gasteiger partial charge in [0, 0.05) is 24.5 Å². The number of carboxylic acid groups (broad SMARTS) is 1. The maximum Gasteiger partial charge on any atom is 0.377 e. The van der Waals surface area contributed by atoms with Gasteiger partial charge in [0.15, 0.2) is 11.5 Å². The van der Waals surface area contributed by atoms with Crippen molar-refractivity contribution in [1.29, 1.82) is 0 Å². The number of ether oxygens (including phenoxy) is 2. The van der Waals surface area contributed by atoms with Gasteiger partial charge in [0.05, 0.1) is 13.2 Å². The Morgan fingerprint density at radius 3 is 2.25 bits per heavy atom. The molecule has 1 aromatic carbocycles. The Morgan fingerprint density at radius 2 is 1.75 bits per heavy atom. The molecule has 0 saturated heterocycles. The van der Waals surface area contributed by atoms with Gasteiger partial charge in [-0.1, -0.05) is 0 Å². The summed E-state index contributed by atoms with van der Waals surface area (Å²) in [7, 11) is 0. The molecule has 0 radical (unpaired) electrons. The van der Waals surface area contributed by atoms with Crippen molar-refractivity contribution in [2.45, 2.75) is 19.3 Å². The molecule has 1 heterocycles. The van der Waals surface area contributed by atoms with Gasteiger partial charge in [0.25, 0.3) is 11.7 Å². The molecule has 1 aliphatic rings. The molecule has 0 spiro atoms. The first-order valence-electron chi connectivity index (χ1n) is 5.90. The molecule has 0 fully saturated rings. The summed E-state index contributed by atoms with van der Waals surface area (Å²) >= 11 is 0. The number of halogens is 2. The van der Waals surface area contributed by atoms with Crippen molar-refractivity contribution < 1.29 is 33.0 Å². The third-order valence-corrected chi connectivity index (χ3v) is 2.80. The molecule has 108 valence electrons. The van der Waals surface area contributed by atoms with E-state index >= 15 is 0 Å². The summed E-state index contributed by atoms with van der Waals surface area (Å²) in [6.07, 6.45) is 0.564.